The van der Waals surface area contributed by atoms with Gasteiger partial charge in [0.2, 0.25) is 15.9 Å². The third-order valence-electron chi connectivity index (χ3n) is 3.78. The second kappa shape index (κ2) is 6.77. The molecule has 1 aliphatic heterocycles. The van der Waals surface area contributed by atoms with Gasteiger partial charge in [-0.3, -0.25) is 4.79 Å². The number of hydrogen-bond acceptors (Lipinski definition) is 3. The second-order valence-corrected chi connectivity index (χ2v) is 7.50. The fourth-order valence-corrected chi connectivity index (χ4v) is 4.19. The van der Waals surface area contributed by atoms with Crippen LogP contribution in [0.3, 0.4) is 0 Å². The summed E-state index contributed by atoms with van der Waals surface area (Å²) in [6.07, 6.45) is 1.67. The van der Waals surface area contributed by atoms with Crippen LogP contribution in [0, 0.1) is 5.92 Å². The molecule has 0 radical (unpaired) electrons. The second-order valence-electron chi connectivity index (χ2n) is 5.30. The van der Waals surface area contributed by atoms with Gasteiger partial charge < -0.3 is 5.73 Å². The van der Waals surface area contributed by atoms with Crippen molar-refractivity contribution >= 4 is 27.5 Å². The largest absolute Gasteiger partial charge is 0.370 e. The molecule has 0 aromatic heterocycles. The molecule has 7 heteroatoms. The number of halogens is 1. The Morgan fingerprint density at radius 2 is 1.81 bits per heavy atom. The predicted octanol–water partition coefficient (Wildman–Crippen LogP) is 1.70. The van der Waals surface area contributed by atoms with E-state index in [-0.39, 0.29) is 16.7 Å². The Labute approximate surface area is 130 Å². The number of primary amides is 1. The normalized spacial score (nSPS) is 17.8. The predicted molar refractivity (Wildman–Crippen MR) is 81.3 cm³/mol. The van der Waals surface area contributed by atoms with Gasteiger partial charge in [0.1, 0.15) is 0 Å². The van der Waals surface area contributed by atoms with Crippen molar-refractivity contribution in [3.8, 4) is 0 Å². The summed E-state index contributed by atoms with van der Waals surface area (Å²) in [6, 6.07) is 6.62. The van der Waals surface area contributed by atoms with Crippen LogP contribution < -0.4 is 5.73 Å². The molecule has 0 atom stereocenters. The fraction of sp³-hybridized carbons (Fsp3) is 0.500. The van der Waals surface area contributed by atoms with Crippen molar-refractivity contribution in [2.45, 2.75) is 30.0 Å². The molecule has 0 bridgehead atoms. The van der Waals surface area contributed by atoms with E-state index in [1.54, 1.807) is 24.3 Å². The van der Waals surface area contributed by atoms with Gasteiger partial charge in [0.25, 0.3) is 0 Å². The summed E-state index contributed by atoms with van der Waals surface area (Å²) in [5.74, 6) is 0.222. The topological polar surface area (TPSA) is 80.5 Å². The summed E-state index contributed by atoms with van der Waals surface area (Å²) in [5.41, 5.74) is 6.07. The number of hydrogen-bond donors (Lipinski definition) is 1. The Morgan fingerprint density at radius 3 is 2.29 bits per heavy atom. The van der Waals surface area contributed by atoms with Crippen molar-refractivity contribution in [3.63, 3.8) is 0 Å². The van der Waals surface area contributed by atoms with Gasteiger partial charge in [-0.2, -0.15) is 4.31 Å². The lowest BCUT2D eigenvalue weighted by Gasteiger charge is -2.30. The molecule has 1 heterocycles. The van der Waals surface area contributed by atoms with Crippen LogP contribution in [-0.2, 0) is 20.7 Å². The molecule has 116 valence electrons. The number of rotatable bonds is 5. The minimum absolute atomic E-state index is 0.188. The molecule has 2 N–H and O–H groups in total. The molecule has 2 rings (SSSR count). The lowest BCUT2D eigenvalue weighted by molar-refractivity contribution is -0.119. The molecule has 0 spiro atoms. The van der Waals surface area contributed by atoms with E-state index in [9.17, 15) is 13.2 Å². The molecular formula is C14H19ClN2O3S. The summed E-state index contributed by atoms with van der Waals surface area (Å²) >= 11 is 5.70. The Morgan fingerprint density at radius 1 is 1.24 bits per heavy atom. The average molecular weight is 331 g/mol. The molecule has 1 saturated heterocycles. The van der Waals surface area contributed by atoms with Crippen molar-refractivity contribution < 1.29 is 13.2 Å². The number of carbonyl (C=O) groups excluding carboxylic acids is 1. The maximum atomic E-state index is 12.5. The van der Waals surface area contributed by atoms with E-state index in [1.807, 2.05) is 0 Å². The van der Waals surface area contributed by atoms with Crippen molar-refractivity contribution in [1.29, 1.82) is 0 Å². The Hall–Kier alpha value is -1.11. The van der Waals surface area contributed by atoms with Gasteiger partial charge in [0, 0.05) is 25.4 Å². The number of carbonyl (C=O) groups is 1. The minimum Gasteiger partial charge on any atom is -0.370 e. The van der Waals surface area contributed by atoms with Gasteiger partial charge in [-0.05, 0) is 36.5 Å². The van der Waals surface area contributed by atoms with E-state index in [2.05, 4.69) is 0 Å². The molecule has 5 nitrogen and oxygen atoms in total. The molecule has 1 amide bonds. The van der Waals surface area contributed by atoms with Gasteiger partial charge in [-0.1, -0.05) is 12.1 Å². The van der Waals surface area contributed by atoms with Crippen molar-refractivity contribution in [2.75, 3.05) is 13.1 Å². The molecule has 1 aromatic carbocycles. The maximum absolute atomic E-state index is 12.5. The first kappa shape index (κ1) is 16.3. The lowest BCUT2D eigenvalue weighted by atomic mass is 9.94. The Kier molecular flexibility index (Phi) is 5.24. The van der Waals surface area contributed by atoms with Crippen LogP contribution in [0.1, 0.15) is 24.8 Å². The molecular weight excluding hydrogens is 312 g/mol. The van der Waals surface area contributed by atoms with Crippen molar-refractivity contribution in [2.24, 2.45) is 11.7 Å². The SMILES string of the molecule is NC(=O)CC1CCN(S(=O)(=O)c2ccc(CCl)cc2)CC1. The molecule has 1 aliphatic rings. The Balaban J connectivity index is 2.05. The summed E-state index contributed by atoms with van der Waals surface area (Å²) in [7, 11) is -3.46. The summed E-state index contributed by atoms with van der Waals surface area (Å²) in [6.45, 7) is 0.856. The van der Waals surface area contributed by atoms with Gasteiger partial charge in [0.15, 0.2) is 0 Å². The smallest absolute Gasteiger partial charge is 0.243 e. The average Bonchev–Trinajstić information content (AvgIpc) is 2.47. The summed E-state index contributed by atoms with van der Waals surface area (Å²) < 4.78 is 26.5. The van der Waals surface area contributed by atoms with E-state index < -0.39 is 10.0 Å². The van der Waals surface area contributed by atoms with Gasteiger partial charge in [-0.15, -0.1) is 11.6 Å². The Bertz CT molecular complexity index is 593. The highest BCUT2D eigenvalue weighted by molar-refractivity contribution is 7.89. The number of sulfonamides is 1. The van der Waals surface area contributed by atoms with E-state index in [0.29, 0.717) is 38.2 Å². The third-order valence-corrected chi connectivity index (χ3v) is 6.00. The first-order valence-corrected chi connectivity index (χ1v) is 8.84. The molecule has 0 aliphatic carbocycles. The van der Waals surface area contributed by atoms with E-state index in [4.69, 9.17) is 17.3 Å². The highest BCUT2D eigenvalue weighted by Crippen LogP contribution is 2.25. The van der Waals surface area contributed by atoms with Crippen LogP contribution in [0.15, 0.2) is 29.2 Å². The number of alkyl halides is 1. The molecule has 0 saturated carbocycles. The number of nitrogens with zero attached hydrogens (tertiary/aromatic N) is 1. The quantitative estimate of drug-likeness (QED) is 0.834. The standard InChI is InChI=1S/C14H19ClN2O3S/c15-10-12-1-3-13(4-2-12)21(19,20)17-7-5-11(6-8-17)9-14(16)18/h1-4,11H,5-10H2,(H2,16,18). The van der Waals surface area contributed by atoms with Gasteiger partial charge in [-0.25, -0.2) is 8.42 Å². The monoisotopic (exact) mass is 330 g/mol. The summed E-state index contributed by atoms with van der Waals surface area (Å²) in [5, 5.41) is 0. The third kappa shape index (κ3) is 3.96. The zero-order valence-corrected chi connectivity index (χ0v) is 13.2. The number of amides is 1. The zero-order chi connectivity index (χ0) is 15.5. The maximum Gasteiger partial charge on any atom is 0.243 e. The van der Waals surface area contributed by atoms with Gasteiger partial charge >= 0.3 is 0 Å². The number of piperidine rings is 1. The number of benzene rings is 1. The van der Waals surface area contributed by atoms with Crippen LogP contribution in [0.4, 0.5) is 0 Å². The molecule has 1 aromatic rings. The van der Waals surface area contributed by atoms with E-state index in [0.717, 1.165) is 5.56 Å². The molecule has 0 unspecified atom stereocenters. The first-order valence-electron chi connectivity index (χ1n) is 6.87. The minimum atomic E-state index is -3.46. The van der Waals surface area contributed by atoms with E-state index >= 15 is 0 Å². The van der Waals surface area contributed by atoms with Crippen LogP contribution in [-0.4, -0.2) is 31.7 Å². The summed E-state index contributed by atoms with van der Waals surface area (Å²) in [4.78, 5) is 11.2. The van der Waals surface area contributed by atoms with E-state index in [1.165, 1.54) is 4.31 Å². The van der Waals surface area contributed by atoms with Crippen LogP contribution in [0.25, 0.3) is 0 Å². The van der Waals surface area contributed by atoms with Crippen molar-refractivity contribution in [1.82, 2.24) is 4.31 Å². The highest BCUT2D eigenvalue weighted by Gasteiger charge is 2.29. The van der Waals surface area contributed by atoms with Crippen LogP contribution in [0.2, 0.25) is 0 Å². The van der Waals surface area contributed by atoms with Gasteiger partial charge in [0.05, 0.1) is 4.90 Å². The fourth-order valence-electron chi connectivity index (χ4n) is 2.54. The zero-order valence-electron chi connectivity index (χ0n) is 11.7. The molecule has 21 heavy (non-hydrogen) atoms. The highest BCUT2D eigenvalue weighted by atomic mass is 35.5. The van der Waals surface area contributed by atoms with Crippen molar-refractivity contribution in [3.05, 3.63) is 29.8 Å². The number of nitrogens with two attached hydrogens (primary N) is 1. The van der Waals surface area contributed by atoms with Crippen LogP contribution in [0.5, 0.6) is 0 Å². The van der Waals surface area contributed by atoms with Crippen LogP contribution >= 0.6 is 11.6 Å². The molecule has 1 fully saturated rings. The first-order chi connectivity index (χ1) is 9.93. The lowest BCUT2D eigenvalue weighted by Crippen LogP contribution is -2.39.